The minimum atomic E-state index is -4.57. The average molecular weight is 395 g/mol. The normalized spacial score (nSPS) is 15.3. The number of alkyl halides is 3. The van der Waals surface area contributed by atoms with Gasteiger partial charge >= 0.3 is 6.18 Å². The smallest absolute Gasteiger partial charge is 0.337 e. The van der Waals surface area contributed by atoms with Crippen molar-refractivity contribution in [3.63, 3.8) is 0 Å². The molecule has 3 rings (SSSR count). The van der Waals surface area contributed by atoms with Gasteiger partial charge in [-0.2, -0.15) is 13.2 Å². The van der Waals surface area contributed by atoms with Crippen LogP contribution in [0.4, 0.5) is 17.6 Å². The highest BCUT2D eigenvalue weighted by atomic mass is 19.4. The minimum absolute atomic E-state index is 0.0331. The molecule has 9 heteroatoms. The summed E-state index contributed by atoms with van der Waals surface area (Å²) in [4.78, 5) is 31.3. The number of pyridine rings is 1. The van der Waals surface area contributed by atoms with Crippen LogP contribution in [0, 0.1) is 5.82 Å². The van der Waals surface area contributed by atoms with Gasteiger partial charge in [0, 0.05) is 32.4 Å². The zero-order chi connectivity index (χ0) is 20.3. The number of aromatic nitrogens is 1. The van der Waals surface area contributed by atoms with Gasteiger partial charge in [0.1, 0.15) is 11.5 Å². The van der Waals surface area contributed by atoms with Crippen molar-refractivity contribution in [2.24, 2.45) is 0 Å². The lowest BCUT2D eigenvalue weighted by Crippen LogP contribution is -2.37. The van der Waals surface area contributed by atoms with E-state index in [-0.39, 0.29) is 24.2 Å². The van der Waals surface area contributed by atoms with Crippen molar-refractivity contribution < 1.29 is 27.2 Å². The van der Waals surface area contributed by atoms with E-state index in [0.717, 1.165) is 18.3 Å². The van der Waals surface area contributed by atoms with E-state index in [0.29, 0.717) is 19.5 Å². The Balaban J connectivity index is 1.67. The van der Waals surface area contributed by atoms with Crippen LogP contribution in [0.15, 0.2) is 42.6 Å². The van der Waals surface area contributed by atoms with Crippen molar-refractivity contribution >= 4 is 11.8 Å². The Morgan fingerprint density at radius 1 is 0.893 bits per heavy atom. The van der Waals surface area contributed by atoms with Crippen LogP contribution >= 0.6 is 0 Å². The van der Waals surface area contributed by atoms with E-state index in [9.17, 15) is 27.2 Å². The van der Waals surface area contributed by atoms with Crippen LogP contribution in [0.5, 0.6) is 0 Å². The van der Waals surface area contributed by atoms with Gasteiger partial charge in [0.2, 0.25) is 0 Å². The molecule has 2 amide bonds. The number of amides is 2. The van der Waals surface area contributed by atoms with Crippen molar-refractivity contribution in [2.75, 3.05) is 26.2 Å². The second-order valence-corrected chi connectivity index (χ2v) is 6.35. The summed E-state index contributed by atoms with van der Waals surface area (Å²) in [6, 6.07) is 7.52. The monoisotopic (exact) mass is 395 g/mol. The largest absolute Gasteiger partial charge is 0.433 e. The summed E-state index contributed by atoms with van der Waals surface area (Å²) in [7, 11) is 0. The molecule has 0 bridgehead atoms. The molecule has 2 heterocycles. The average Bonchev–Trinajstić information content (AvgIpc) is 2.93. The molecule has 0 N–H and O–H groups in total. The second-order valence-electron chi connectivity index (χ2n) is 6.35. The summed E-state index contributed by atoms with van der Waals surface area (Å²) in [6.07, 6.45) is -3.20. The lowest BCUT2D eigenvalue weighted by Gasteiger charge is -2.22. The predicted molar refractivity (Wildman–Crippen MR) is 92.1 cm³/mol. The summed E-state index contributed by atoms with van der Waals surface area (Å²) in [6.45, 7) is 1.08. The zero-order valence-electron chi connectivity index (χ0n) is 14.7. The summed E-state index contributed by atoms with van der Waals surface area (Å²) >= 11 is 0. The highest BCUT2D eigenvalue weighted by Crippen LogP contribution is 2.27. The summed E-state index contributed by atoms with van der Waals surface area (Å²) in [5.41, 5.74) is -1.06. The van der Waals surface area contributed by atoms with E-state index < -0.39 is 29.5 Å². The summed E-state index contributed by atoms with van der Waals surface area (Å²) in [5.74, 6) is -1.52. The van der Waals surface area contributed by atoms with Gasteiger partial charge in [0.05, 0.1) is 11.1 Å². The topological polar surface area (TPSA) is 53.5 Å². The third-order valence-corrected chi connectivity index (χ3v) is 4.48. The van der Waals surface area contributed by atoms with Crippen LogP contribution in [-0.2, 0) is 6.18 Å². The predicted octanol–water partition coefficient (Wildman–Crippen LogP) is 3.23. The molecule has 148 valence electrons. The van der Waals surface area contributed by atoms with Gasteiger partial charge in [0.15, 0.2) is 0 Å². The van der Waals surface area contributed by atoms with E-state index in [4.69, 9.17) is 0 Å². The lowest BCUT2D eigenvalue weighted by atomic mass is 10.2. The molecule has 5 nitrogen and oxygen atoms in total. The molecule has 1 aliphatic rings. The van der Waals surface area contributed by atoms with E-state index in [1.807, 2.05) is 0 Å². The second kappa shape index (κ2) is 7.95. The van der Waals surface area contributed by atoms with Crippen molar-refractivity contribution in [1.29, 1.82) is 0 Å². The molecule has 1 fully saturated rings. The quantitative estimate of drug-likeness (QED) is 0.734. The molecule has 0 spiro atoms. The standard InChI is InChI=1S/C19H17F4N3O2/c20-15-5-2-1-4-14(15)18(28)26-9-3-8-25(10-11-26)17(27)13-6-7-16(24-12-13)19(21,22)23/h1-2,4-7,12H,3,8-11H2. The molecule has 0 aliphatic carbocycles. The number of carbonyl (C=O) groups excluding carboxylic acids is 2. The molecule has 2 aromatic rings. The fraction of sp³-hybridized carbons (Fsp3) is 0.316. The Labute approximate surface area is 158 Å². The zero-order valence-corrected chi connectivity index (χ0v) is 14.7. The van der Waals surface area contributed by atoms with Crippen LogP contribution in [0.25, 0.3) is 0 Å². The number of nitrogens with zero attached hydrogens (tertiary/aromatic N) is 3. The van der Waals surface area contributed by atoms with Crippen molar-refractivity contribution in [1.82, 2.24) is 14.8 Å². The van der Waals surface area contributed by atoms with E-state index in [2.05, 4.69) is 4.98 Å². The minimum Gasteiger partial charge on any atom is -0.337 e. The number of benzene rings is 1. The number of rotatable bonds is 2. The van der Waals surface area contributed by atoms with Crippen LogP contribution < -0.4 is 0 Å². The highest BCUT2D eigenvalue weighted by Gasteiger charge is 2.32. The first-order chi connectivity index (χ1) is 13.3. The van der Waals surface area contributed by atoms with E-state index in [1.165, 1.54) is 28.0 Å². The summed E-state index contributed by atoms with van der Waals surface area (Å²) < 4.78 is 51.6. The van der Waals surface area contributed by atoms with Crippen LogP contribution in [0.1, 0.15) is 32.8 Å². The number of hydrogen-bond donors (Lipinski definition) is 0. The Hall–Kier alpha value is -2.97. The fourth-order valence-electron chi connectivity index (χ4n) is 3.00. The van der Waals surface area contributed by atoms with E-state index in [1.54, 1.807) is 6.07 Å². The molecule has 0 radical (unpaired) electrons. The SMILES string of the molecule is O=C(c1ccc(C(F)(F)F)nc1)N1CCCN(C(=O)c2ccccc2F)CC1. The highest BCUT2D eigenvalue weighted by molar-refractivity contribution is 5.95. The van der Waals surface area contributed by atoms with Crippen molar-refractivity contribution in [3.05, 3.63) is 65.2 Å². The molecule has 28 heavy (non-hydrogen) atoms. The third kappa shape index (κ3) is 4.29. The molecule has 1 aliphatic heterocycles. The van der Waals surface area contributed by atoms with Crippen LogP contribution in [0.2, 0.25) is 0 Å². The maximum absolute atomic E-state index is 13.8. The van der Waals surface area contributed by atoms with Crippen LogP contribution in [0.3, 0.4) is 0 Å². The first kappa shape index (κ1) is 19.8. The molecular weight excluding hydrogens is 378 g/mol. The lowest BCUT2D eigenvalue weighted by molar-refractivity contribution is -0.141. The van der Waals surface area contributed by atoms with Crippen LogP contribution in [-0.4, -0.2) is 52.8 Å². The Kier molecular flexibility index (Phi) is 5.62. The fourth-order valence-corrected chi connectivity index (χ4v) is 3.00. The van der Waals surface area contributed by atoms with Gasteiger partial charge in [-0.25, -0.2) is 4.39 Å². The first-order valence-electron chi connectivity index (χ1n) is 8.63. The van der Waals surface area contributed by atoms with Crippen molar-refractivity contribution in [3.8, 4) is 0 Å². The molecular formula is C19H17F4N3O2. The number of hydrogen-bond acceptors (Lipinski definition) is 3. The van der Waals surface area contributed by atoms with Gasteiger partial charge in [-0.15, -0.1) is 0 Å². The molecule has 1 saturated heterocycles. The molecule has 0 saturated carbocycles. The molecule has 0 unspecified atom stereocenters. The first-order valence-corrected chi connectivity index (χ1v) is 8.63. The molecule has 1 aromatic heterocycles. The molecule has 0 atom stereocenters. The van der Waals surface area contributed by atoms with E-state index >= 15 is 0 Å². The third-order valence-electron chi connectivity index (χ3n) is 4.48. The summed E-state index contributed by atoms with van der Waals surface area (Å²) in [5, 5.41) is 0. The van der Waals surface area contributed by atoms with Gasteiger partial charge in [-0.05, 0) is 30.7 Å². The Bertz CT molecular complexity index is 868. The van der Waals surface area contributed by atoms with Gasteiger partial charge in [-0.1, -0.05) is 12.1 Å². The van der Waals surface area contributed by atoms with Gasteiger partial charge in [-0.3, -0.25) is 14.6 Å². The van der Waals surface area contributed by atoms with Crippen molar-refractivity contribution in [2.45, 2.75) is 12.6 Å². The Morgan fingerprint density at radius 2 is 1.54 bits per heavy atom. The maximum Gasteiger partial charge on any atom is 0.433 e. The molecule has 1 aromatic carbocycles. The Morgan fingerprint density at radius 3 is 2.11 bits per heavy atom. The number of halogens is 4. The van der Waals surface area contributed by atoms with Gasteiger partial charge in [0.25, 0.3) is 11.8 Å². The van der Waals surface area contributed by atoms with Gasteiger partial charge < -0.3 is 9.80 Å². The number of carbonyl (C=O) groups is 2. The maximum atomic E-state index is 13.8.